The Morgan fingerprint density at radius 1 is 1.41 bits per heavy atom. The average molecular weight is 249 g/mol. The molecule has 4 nitrogen and oxygen atoms in total. The number of nitro groups is 1. The molecule has 0 aliphatic rings. The minimum Gasteiger partial charge on any atom is -0.479 e. The number of non-ortho nitro benzene ring substituents is 1. The first-order valence-corrected chi connectivity index (χ1v) is 4.66. The first-order valence-electron chi connectivity index (χ1n) is 4.66. The highest BCUT2D eigenvalue weighted by Gasteiger charge is 2.37. The Hall–Kier alpha value is -1.79. The molecule has 0 N–H and O–H groups in total. The van der Waals surface area contributed by atoms with Crippen LogP contribution in [0, 0.1) is 10.1 Å². The Balaban J connectivity index is 2.85. The summed E-state index contributed by atoms with van der Waals surface area (Å²) in [5.41, 5.74) is -2.44. The van der Waals surface area contributed by atoms with Crippen molar-refractivity contribution in [1.29, 1.82) is 0 Å². The second kappa shape index (κ2) is 5.03. The molecule has 0 fully saturated rings. The van der Waals surface area contributed by atoms with Gasteiger partial charge in [0.05, 0.1) is 4.92 Å². The minimum absolute atomic E-state index is 0.0453. The number of hydrogen-bond donors (Lipinski definition) is 0. The number of nitrogens with zero attached hydrogens (tertiary/aromatic N) is 1. The fourth-order valence-corrected chi connectivity index (χ4v) is 1.04. The van der Waals surface area contributed by atoms with E-state index in [1.807, 2.05) is 0 Å². The Labute approximate surface area is 95.2 Å². The van der Waals surface area contributed by atoms with Gasteiger partial charge in [-0.25, -0.2) is 13.2 Å². The molecule has 0 spiro atoms. The predicted molar refractivity (Wildman–Crippen MR) is 54.1 cm³/mol. The van der Waals surface area contributed by atoms with E-state index in [-0.39, 0.29) is 11.4 Å². The van der Waals surface area contributed by atoms with Gasteiger partial charge in [0.1, 0.15) is 12.4 Å². The van der Waals surface area contributed by atoms with E-state index in [1.165, 1.54) is 0 Å². The third-order valence-electron chi connectivity index (χ3n) is 2.13. The lowest BCUT2D eigenvalue weighted by atomic mass is 10.1. The molecular formula is C10H10F3NO3. The van der Waals surface area contributed by atoms with Gasteiger partial charge in [-0.2, -0.15) is 0 Å². The van der Waals surface area contributed by atoms with Crippen LogP contribution in [0.4, 0.5) is 18.9 Å². The Morgan fingerprint density at radius 3 is 2.29 bits per heavy atom. The van der Waals surface area contributed by atoms with Gasteiger partial charge in [-0.15, -0.1) is 0 Å². The molecule has 17 heavy (non-hydrogen) atoms. The molecule has 0 saturated carbocycles. The van der Waals surface area contributed by atoms with Gasteiger partial charge in [-0.1, -0.05) is 0 Å². The predicted octanol–water partition coefficient (Wildman–Crippen LogP) is 2.97. The largest absolute Gasteiger partial charge is 0.479 e. The summed E-state index contributed by atoms with van der Waals surface area (Å²) >= 11 is 0. The minimum atomic E-state index is -3.00. The number of halogens is 3. The topological polar surface area (TPSA) is 52.4 Å². The Bertz CT molecular complexity index is 396. The SMILES string of the molecule is CC(CF)(Oc1ccc([N+](=O)[O-])cc1)C(F)F. The lowest BCUT2D eigenvalue weighted by Gasteiger charge is -2.26. The van der Waals surface area contributed by atoms with Crippen LogP contribution in [-0.4, -0.2) is 23.6 Å². The van der Waals surface area contributed by atoms with Crippen molar-refractivity contribution >= 4 is 5.69 Å². The van der Waals surface area contributed by atoms with Crippen molar-refractivity contribution in [3.63, 3.8) is 0 Å². The molecule has 0 aliphatic carbocycles. The van der Waals surface area contributed by atoms with Gasteiger partial charge >= 0.3 is 0 Å². The molecule has 1 atom stereocenters. The first-order chi connectivity index (χ1) is 7.89. The van der Waals surface area contributed by atoms with Gasteiger partial charge < -0.3 is 4.74 Å². The van der Waals surface area contributed by atoms with Crippen LogP contribution >= 0.6 is 0 Å². The number of benzene rings is 1. The number of alkyl halides is 3. The Kier molecular flexibility index (Phi) is 3.93. The first kappa shape index (κ1) is 13.3. The highest BCUT2D eigenvalue weighted by atomic mass is 19.3. The second-order valence-electron chi connectivity index (χ2n) is 3.60. The van der Waals surface area contributed by atoms with Crippen molar-refractivity contribution in [3.8, 4) is 5.75 Å². The summed E-state index contributed by atoms with van der Waals surface area (Å²) in [7, 11) is 0. The standard InChI is InChI=1S/C10H10F3NO3/c1-10(6-11,9(12)13)17-8-4-2-7(3-5-8)14(15)16/h2-5,9H,6H2,1H3. The quantitative estimate of drug-likeness (QED) is 0.595. The molecule has 0 heterocycles. The van der Waals surface area contributed by atoms with Gasteiger partial charge in [0, 0.05) is 12.1 Å². The zero-order valence-electron chi connectivity index (χ0n) is 8.90. The van der Waals surface area contributed by atoms with E-state index < -0.39 is 23.6 Å². The number of nitro benzene ring substituents is 1. The lowest BCUT2D eigenvalue weighted by Crippen LogP contribution is -2.42. The van der Waals surface area contributed by atoms with Crippen LogP contribution in [0.2, 0.25) is 0 Å². The third-order valence-corrected chi connectivity index (χ3v) is 2.13. The summed E-state index contributed by atoms with van der Waals surface area (Å²) in [4.78, 5) is 9.71. The van der Waals surface area contributed by atoms with Crippen LogP contribution in [-0.2, 0) is 0 Å². The Morgan fingerprint density at radius 2 is 1.94 bits per heavy atom. The van der Waals surface area contributed by atoms with E-state index in [2.05, 4.69) is 0 Å². The van der Waals surface area contributed by atoms with E-state index >= 15 is 0 Å². The van der Waals surface area contributed by atoms with Crippen molar-refractivity contribution in [1.82, 2.24) is 0 Å². The van der Waals surface area contributed by atoms with Gasteiger partial charge in [0.2, 0.25) is 0 Å². The van der Waals surface area contributed by atoms with Crippen LogP contribution in [0.1, 0.15) is 6.92 Å². The normalized spacial score (nSPS) is 14.4. The second-order valence-corrected chi connectivity index (χ2v) is 3.60. The van der Waals surface area contributed by atoms with Crippen molar-refractivity contribution in [2.45, 2.75) is 19.0 Å². The molecule has 0 bridgehead atoms. The van der Waals surface area contributed by atoms with Gasteiger partial charge in [-0.3, -0.25) is 10.1 Å². The lowest BCUT2D eigenvalue weighted by molar-refractivity contribution is -0.384. The van der Waals surface area contributed by atoms with E-state index in [1.54, 1.807) is 0 Å². The number of ether oxygens (including phenoxy) is 1. The molecule has 0 saturated heterocycles. The van der Waals surface area contributed by atoms with E-state index in [0.717, 1.165) is 31.2 Å². The van der Waals surface area contributed by atoms with Crippen LogP contribution in [0.15, 0.2) is 24.3 Å². The molecule has 1 unspecified atom stereocenters. The van der Waals surface area contributed by atoms with Gasteiger partial charge in [0.25, 0.3) is 12.1 Å². The molecule has 1 aromatic carbocycles. The maximum atomic E-state index is 12.5. The average Bonchev–Trinajstić information content (AvgIpc) is 2.29. The molecule has 0 aliphatic heterocycles. The number of rotatable bonds is 5. The molecule has 7 heteroatoms. The molecular weight excluding hydrogens is 239 g/mol. The van der Waals surface area contributed by atoms with Gasteiger partial charge in [0.15, 0.2) is 5.60 Å². The van der Waals surface area contributed by atoms with Crippen molar-refractivity contribution < 1.29 is 22.8 Å². The molecule has 1 aromatic rings. The molecule has 0 amide bonds. The fourth-order valence-electron chi connectivity index (χ4n) is 1.04. The van der Waals surface area contributed by atoms with Crippen molar-refractivity contribution in [2.75, 3.05) is 6.67 Å². The zero-order valence-corrected chi connectivity index (χ0v) is 8.90. The summed E-state index contributed by atoms with van der Waals surface area (Å²) in [6, 6.07) is 4.49. The maximum Gasteiger partial charge on any atom is 0.279 e. The summed E-state index contributed by atoms with van der Waals surface area (Å²) in [5, 5.41) is 10.3. The fraction of sp³-hybridized carbons (Fsp3) is 0.400. The van der Waals surface area contributed by atoms with Gasteiger partial charge in [-0.05, 0) is 19.1 Å². The molecule has 0 aromatic heterocycles. The molecule has 1 rings (SSSR count). The number of hydrogen-bond acceptors (Lipinski definition) is 3. The summed E-state index contributed by atoms with van der Waals surface area (Å²) in [6.45, 7) is -0.430. The van der Waals surface area contributed by atoms with E-state index in [0.29, 0.717) is 0 Å². The maximum absolute atomic E-state index is 12.5. The van der Waals surface area contributed by atoms with Crippen LogP contribution < -0.4 is 4.74 Å². The summed E-state index contributed by atoms with van der Waals surface area (Å²) in [5.74, 6) is -0.0453. The summed E-state index contributed by atoms with van der Waals surface area (Å²) < 4.78 is 42.3. The summed E-state index contributed by atoms with van der Waals surface area (Å²) in [6.07, 6.45) is -3.00. The highest BCUT2D eigenvalue weighted by Crippen LogP contribution is 2.26. The van der Waals surface area contributed by atoms with E-state index in [9.17, 15) is 23.3 Å². The van der Waals surface area contributed by atoms with Crippen LogP contribution in [0.3, 0.4) is 0 Å². The van der Waals surface area contributed by atoms with E-state index in [4.69, 9.17) is 4.74 Å². The molecule has 0 radical (unpaired) electrons. The highest BCUT2D eigenvalue weighted by molar-refractivity contribution is 5.36. The van der Waals surface area contributed by atoms with Crippen LogP contribution in [0.5, 0.6) is 5.75 Å². The zero-order chi connectivity index (χ0) is 13.1. The van der Waals surface area contributed by atoms with Crippen LogP contribution in [0.25, 0.3) is 0 Å². The van der Waals surface area contributed by atoms with Crippen molar-refractivity contribution in [2.24, 2.45) is 0 Å². The smallest absolute Gasteiger partial charge is 0.279 e. The third kappa shape index (κ3) is 3.08. The monoisotopic (exact) mass is 249 g/mol. The van der Waals surface area contributed by atoms with Crippen molar-refractivity contribution in [3.05, 3.63) is 34.4 Å². The molecule has 94 valence electrons.